The average molecular weight is 420 g/mol. The Hall–Kier alpha value is -4.52. The van der Waals surface area contributed by atoms with E-state index in [1.807, 2.05) is 48.5 Å². The molecule has 7 nitrogen and oxygen atoms in total. The number of rotatable bonds is 4. The van der Waals surface area contributed by atoms with E-state index >= 15 is 0 Å². The molecule has 1 aliphatic carbocycles. The van der Waals surface area contributed by atoms with Crippen molar-refractivity contribution in [1.82, 2.24) is 20.3 Å². The second-order valence-electron chi connectivity index (χ2n) is 7.58. The number of nitrogens with zero attached hydrogens (tertiary/aromatic N) is 2. The second kappa shape index (κ2) is 7.02. The van der Waals surface area contributed by atoms with E-state index in [0.717, 1.165) is 44.7 Å². The van der Waals surface area contributed by atoms with Gasteiger partial charge in [-0.05, 0) is 34.4 Å². The molecule has 0 aliphatic heterocycles. The van der Waals surface area contributed by atoms with Gasteiger partial charge in [-0.25, -0.2) is 4.98 Å². The number of H-pyrrole nitrogens is 1. The van der Waals surface area contributed by atoms with Gasteiger partial charge in [0, 0.05) is 11.8 Å². The number of amides is 1. The Morgan fingerprint density at radius 3 is 2.66 bits per heavy atom. The monoisotopic (exact) mass is 420 g/mol. The van der Waals surface area contributed by atoms with Gasteiger partial charge in [-0.15, -0.1) is 0 Å². The molecule has 2 N–H and O–H groups in total. The number of fused-ring (bicyclic) bond motifs is 4. The Morgan fingerprint density at radius 2 is 1.81 bits per heavy atom. The molecule has 2 aromatic carbocycles. The Bertz CT molecular complexity index is 1470. The maximum absolute atomic E-state index is 12.8. The maximum Gasteiger partial charge on any atom is 0.293 e. The van der Waals surface area contributed by atoms with E-state index in [4.69, 9.17) is 9.40 Å². The molecule has 0 unspecified atom stereocenters. The highest BCUT2D eigenvalue weighted by Crippen LogP contribution is 2.47. The Morgan fingerprint density at radius 1 is 0.969 bits per heavy atom. The van der Waals surface area contributed by atoms with Gasteiger partial charge in [0.25, 0.3) is 11.7 Å². The van der Waals surface area contributed by atoms with E-state index in [9.17, 15) is 9.59 Å². The first kappa shape index (κ1) is 18.3. The lowest BCUT2D eigenvalue weighted by atomic mass is 9.98. The van der Waals surface area contributed by atoms with E-state index in [0.29, 0.717) is 0 Å². The molecular weight excluding hydrogens is 404 g/mol. The summed E-state index contributed by atoms with van der Waals surface area (Å²) in [5, 5.41) is 2.91. The van der Waals surface area contributed by atoms with Gasteiger partial charge in [-0.1, -0.05) is 42.5 Å². The van der Waals surface area contributed by atoms with Crippen LogP contribution in [0.5, 0.6) is 0 Å². The van der Waals surface area contributed by atoms with Crippen LogP contribution in [0.2, 0.25) is 0 Å². The quantitative estimate of drug-likeness (QED) is 0.334. The van der Waals surface area contributed by atoms with Crippen molar-refractivity contribution in [1.29, 1.82) is 0 Å². The highest BCUT2D eigenvalue weighted by molar-refractivity contribution is 6.42. The fourth-order valence-electron chi connectivity index (χ4n) is 4.31. The molecule has 154 valence electrons. The van der Waals surface area contributed by atoms with Crippen LogP contribution < -0.4 is 5.32 Å². The summed E-state index contributed by atoms with van der Waals surface area (Å²) in [5.41, 5.74) is 6.64. The van der Waals surface area contributed by atoms with Crippen LogP contribution in [0, 0.1) is 0 Å². The van der Waals surface area contributed by atoms with Crippen molar-refractivity contribution in [3.63, 3.8) is 0 Å². The van der Waals surface area contributed by atoms with Gasteiger partial charge in [0.05, 0.1) is 35.1 Å². The van der Waals surface area contributed by atoms with E-state index in [-0.39, 0.29) is 5.56 Å². The molecule has 7 heteroatoms. The minimum absolute atomic E-state index is 0.221. The molecule has 6 rings (SSSR count). The smallest absolute Gasteiger partial charge is 0.293 e. The van der Waals surface area contributed by atoms with Crippen molar-refractivity contribution in [3.8, 4) is 22.5 Å². The molecule has 0 saturated heterocycles. The first-order valence-electron chi connectivity index (χ1n) is 10.1. The van der Waals surface area contributed by atoms with Gasteiger partial charge < -0.3 is 14.7 Å². The van der Waals surface area contributed by atoms with Gasteiger partial charge >= 0.3 is 0 Å². The van der Waals surface area contributed by atoms with Crippen LogP contribution >= 0.6 is 0 Å². The third-order valence-electron chi connectivity index (χ3n) is 5.75. The number of benzene rings is 2. The van der Waals surface area contributed by atoms with Crippen molar-refractivity contribution in [2.24, 2.45) is 0 Å². The number of carbonyl (C=O) groups excluding carboxylic acids is 2. The summed E-state index contributed by atoms with van der Waals surface area (Å²) in [6.07, 6.45) is 6.09. The third-order valence-corrected chi connectivity index (χ3v) is 5.75. The topological polar surface area (TPSA) is 101 Å². The van der Waals surface area contributed by atoms with Crippen molar-refractivity contribution < 1.29 is 14.0 Å². The van der Waals surface area contributed by atoms with Crippen molar-refractivity contribution >= 4 is 22.7 Å². The number of aromatic amines is 1. The summed E-state index contributed by atoms with van der Waals surface area (Å²) < 4.78 is 4.94. The third kappa shape index (κ3) is 2.75. The molecule has 32 heavy (non-hydrogen) atoms. The molecule has 3 aromatic heterocycles. The normalized spacial score (nSPS) is 14.2. The molecular formula is C25H16N4O3. The first-order valence-corrected chi connectivity index (χ1v) is 10.1. The number of hydrogen-bond donors (Lipinski definition) is 2. The van der Waals surface area contributed by atoms with Crippen molar-refractivity contribution in [2.75, 3.05) is 0 Å². The fraction of sp³-hybridized carbons (Fsp3) is 0.0400. The minimum atomic E-state index is -0.681. The number of ketones is 1. The number of Topliss-reactive ketones (excluding diaryl/α,β-unsaturated/α-hetero) is 1. The van der Waals surface area contributed by atoms with Crippen LogP contribution in [0.25, 0.3) is 33.5 Å². The van der Waals surface area contributed by atoms with Gasteiger partial charge in [0.2, 0.25) is 0 Å². The Balaban J connectivity index is 1.46. The molecule has 0 bridgehead atoms. The lowest BCUT2D eigenvalue weighted by Gasteiger charge is -2.15. The van der Waals surface area contributed by atoms with Crippen molar-refractivity contribution in [2.45, 2.75) is 6.04 Å². The maximum atomic E-state index is 12.8. The number of hydrogen-bond acceptors (Lipinski definition) is 5. The van der Waals surface area contributed by atoms with E-state index in [1.165, 1.54) is 18.6 Å². The highest BCUT2D eigenvalue weighted by atomic mass is 16.3. The van der Waals surface area contributed by atoms with Crippen LogP contribution in [-0.2, 0) is 4.79 Å². The lowest BCUT2D eigenvalue weighted by molar-refractivity contribution is -0.117. The molecule has 0 spiro atoms. The Labute approximate surface area is 182 Å². The second-order valence-corrected chi connectivity index (χ2v) is 7.58. The number of aromatic nitrogens is 3. The molecule has 5 aromatic rings. The molecule has 1 atom stereocenters. The van der Waals surface area contributed by atoms with E-state index in [2.05, 4.69) is 15.3 Å². The molecule has 3 heterocycles. The number of furan rings is 1. The zero-order chi connectivity index (χ0) is 21.7. The zero-order valence-electron chi connectivity index (χ0n) is 16.7. The largest absolute Gasteiger partial charge is 0.472 e. The lowest BCUT2D eigenvalue weighted by Crippen LogP contribution is -2.34. The zero-order valence-corrected chi connectivity index (χ0v) is 16.7. The van der Waals surface area contributed by atoms with Crippen LogP contribution in [0.1, 0.15) is 27.5 Å². The van der Waals surface area contributed by atoms with Crippen molar-refractivity contribution in [3.05, 3.63) is 96.2 Å². The SMILES string of the molecule is O=C(N[C@@H]1c2ccccc2-c2c(-c3nc4ccncc4[nH]3)cccc21)C(=O)c1ccoc1. The number of imidazole rings is 1. The molecule has 0 saturated carbocycles. The summed E-state index contributed by atoms with van der Waals surface area (Å²) in [6, 6.07) is 16.7. The molecule has 1 aliphatic rings. The number of pyridine rings is 1. The van der Waals surface area contributed by atoms with Crippen LogP contribution in [-0.4, -0.2) is 26.6 Å². The summed E-state index contributed by atoms with van der Waals surface area (Å²) in [6.45, 7) is 0. The summed E-state index contributed by atoms with van der Waals surface area (Å²) >= 11 is 0. The van der Waals surface area contributed by atoms with Gasteiger partial charge in [0.1, 0.15) is 12.1 Å². The molecule has 0 radical (unpaired) electrons. The summed E-state index contributed by atoms with van der Waals surface area (Å²) in [5.74, 6) is -0.592. The summed E-state index contributed by atoms with van der Waals surface area (Å²) in [4.78, 5) is 37.5. The van der Waals surface area contributed by atoms with E-state index < -0.39 is 17.7 Å². The number of nitrogens with one attached hydrogen (secondary N) is 2. The molecule has 1 amide bonds. The van der Waals surface area contributed by atoms with Crippen LogP contribution in [0.15, 0.2) is 83.9 Å². The van der Waals surface area contributed by atoms with Gasteiger partial charge in [-0.2, -0.15) is 0 Å². The first-order chi connectivity index (χ1) is 15.7. The Kier molecular flexibility index (Phi) is 4.01. The standard InChI is InChI=1S/C25H16N4O3/c30-23(14-9-11-32-13-14)25(31)29-22-16-5-2-1-4-15(16)21-17(22)6-3-7-18(21)24-27-19-8-10-26-12-20(19)28-24/h1-13,22H,(H,27,28)(H,29,31)/t22-/m1/s1. The average Bonchev–Trinajstić information content (AvgIpc) is 3.57. The predicted molar refractivity (Wildman–Crippen MR) is 118 cm³/mol. The van der Waals surface area contributed by atoms with Gasteiger partial charge in [-0.3, -0.25) is 14.6 Å². The number of carbonyl (C=O) groups is 2. The fourth-order valence-corrected chi connectivity index (χ4v) is 4.31. The minimum Gasteiger partial charge on any atom is -0.472 e. The predicted octanol–water partition coefficient (Wildman–Crippen LogP) is 4.29. The van der Waals surface area contributed by atoms with Gasteiger partial charge in [0.15, 0.2) is 0 Å². The van der Waals surface area contributed by atoms with Crippen LogP contribution in [0.4, 0.5) is 0 Å². The van der Waals surface area contributed by atoms with Crippen LogP contribution in [0.3, 0.4) is 0 Å². The summed E-state index contributed by atoms with van der Waals surface area (Å²) in [7, 11) is 0. The molecule has 0 fully saturated rings. The van der Waals surface area contributed by atoms with E-state index in [1.54, 1.807) is 12.4 Å². The highest BCUT2D eigenvalue weighted by Gasteiger charge is 2.33.